The minimum absolute atomic E-state index is 0.0395. The van der Waals surface area contributed by atoms with E-state index >= 15 is 0 Å². The minimum Gasteiger partial charge on any atom is -0.486 e. The molecule has 0 unspecified atom stereocenters. The summed E-state index contributed by atoms with van der Waals surface area (Å²) in [6.45, 7) is 6.23. The minimum atomic E-state index is -0.441. The highest BCUT2D eigenvalue weighted by Gasteiger charge is 2.29. The van der Waals surface area contributed by atoms with Gasteiger partial charge in [0.2, 0.25) is 0 Å². The van der Waals surface area contributed by atoms with E-state index in [0.29, 0.717) is 11.3 Å². The molecule has 1 aliphatic heterocycles. The van der Waals surface area contributed by atoms with Crippen LogP contribution in [0.4, 0.5) is 0 Å². The van der Waals surface area contributed by atoms with Crippen LogP contribution in [0.5, 0.6) is 5.75 Å². The van der Waals surface area contributed by atoms with Crippen LogP contribution in [0.1, 0.15) is 31.9 Å². The lowest BCUT2D eigenvalue weighted by molar-refractivity contribution is -0.377. The number of nitrogens with zero attached hydrogens (tertiary/aromatic N) is 1. The van der Waals surface area contributed by atoms with Crippen molar-refractivity contribution in [3.8, 4) is 5.75 Å². The molecule has 0 aromatic heterocycles. The summed E-state index contributed by atoms with van der Waals surface area (Å²) >= 11 is 0. The average molecular weight is 248 g/mol. The van der Waals surface area contributed by atoms with E-state index in [4.69, 9.17) is 10.5 Å². The van der Waals surface area contributed by atoms with Crippen molar-refractivity contribution in [1.29, 1.82) is 0 Å². The summed E-state index contributed by atoms with van der Waals surface area (Å²) < 4.78 is 5.40. The number of benzene rings is 1. The van der Waals surface area contributed by atoms with Crippen molar-refractivity contribution < 1.29 is 9.66 Å². The van der Waals surface area contributed by atoms with Crippen LogP contribution in [0.2, 0.25) is 0 Å². The van der Waals surface area contributed by atoms with E-state index in [0.717, 1.165) is 5.56 Å². The zero-order valence-corrected chi connectivity index (χ0v) is 10.7. The van der Waals surface area contributed by atoms with Crippen molar-refractivity contribution in [3.05, 3.63) is 45.1 Å². The summed E-state index contributed by atoms with van der Waals surface area (Å²) in [5.74, 6) is 0.518. The van der Waals surface area contributed by atoms with E-state index in [9.17, 15) is 10.1 Å². The molecule has 0 radical (unpaired) electrons. The Labute approximate surface area is 105 Å². The maximum absolute atomic E-state index is 11.1. The number of nitro groups is 1. The first-order chi connectivity index (χ1) is 8.30. The number of hydrogen-bond acceptors (Lipinski definition) is 4. The second-order valence-electron chi connectivity index (χ2n) is 5.38. The van der Waals surface area contributed by atoms with E-state index in [2.05, 4.69) is 20.8 Å². The number of nitrogens with two attached hydrogens (primary N) is 1. The Morgan fingerprint density at radius 2 is 2.06 bits per heavy atom. The Hall–Kier alpha value is -2.04. The quantitative estimate of drug-likeness (QED) is 0.611. The van der Waals surface area contributed by atoms with E-state index in [1.807, 2.05) is 6.07 Å². The number of fused-ring (bicyclic) bond motifs is 1. The molecule has 0 fully saturated rings. The molecule has 0 aliphatic carbocycles. The number of hydrogen-bond donors (Lipinski definition) is 1. The highest BCUT2D eigenvalue weighted by Crippen LogP contribution is 2.35. The van der Waals surface area contributed by atoms with E-state index in [1.165, 1.54) is 0 Å². The Kier molecular flexibility index (Phi) is 2.77. The fourth-order valence-electron chi connectivity index (χ4n) is 1.92. The standard InChI is InChI=1S/C13H16N2O3/c1-13(2,3)8-4-5-11-9(6-8)12(15(16)17)10(14)7-18-11/h4-6H,7,14H2,1-3H3. The molecule has 1 aromatic rings. The molecular formula is C13H16N2O3. The van der Waals surface area contributed by atoms with Gasteiger partial charge in [0.15, 0.2) is 0 Å². The van der Waals surface area contributed by atoms with Crippen LogP contribution >= 0.6 is 0 Å². The van der Waals surface area contributed by atoms with Crippen LogP contribution in [-0.4, -0.2) is 11.5 Å². The molecule has 0 bridgehead atoms. The predicted molar refractivity (Wildman–Crippen MR) is 68.7 cm³/mol. The first-order valence-corrected chi connectivity index (χ1v) is 5.71. The topological polar surface area (TPSA) is 78.4 Å². The second kappa shape index (κ2) is 4.01. The molecule has 5 heteroatoms. The van der Waals surface area contributed by atoms with Crippen LogP contribution in [-0.2, 0) is 5.41 Å². The normalized spacial score (nSPS) is 15.1. The molecular weight excluding hydrogens is 232 g/mol. The molecule has 18 heavy (non-hydrogen) atoms. The molecule has 2 N–H and O–H groups in total. The molecule has 0 amide bonds. The van der Waals surface area contributed by atoms with Gasteiger partial charge >= 0.3 is 5.70 Å². The second-order valence-corrected chi connectivity index (χ2v) is 5.38. The van der Waals surface area contributed by atoms with Gasteiger partial charge in [-0.3, -0.25) is 10.1 Å². The van der Waals surface area contributed by atoms with Crippen LogP contribution < -0.4 is 10.5 Å². The summed E-state index contributed by atoms with van der Waals surface area (Å²) in [6.07, 6.45) is 0. The lowest BCUT2D eigenvalue weighted by Crippen LogP contribution is -2.21. The molecule has 5 nitrogen and oxygen atoms in total. The van der Waals surface area contributed by atoms with Crippen molar-refractivity contribution in [2.45, 2.75) is 26.2 Å². The number of ether oxygens (including phenoxy) is 1. The van der Waals surface area contributed by atoms with Crippen molar-refractivity contribution in [2.75, 3.05) is 6.61 Å². The van der Waals surface area contributed by atoms with Crippen molar-refractivity contribution in [1.82, 2.24) is 0 Å². The SMILES string of the molecule is CC(C)(C)c1ccc2c(c1)C([N+](=O)[O-])=C(N)CO2. The number of rotatable bonds is 1. The van der Waals surface area contributed by atoms with Crippen LogP contribution in [0.3, 0.4) is 0 Å². The van der Waals surface area contributed by atoms with Crippen LogP contribution in [0.25, 0.3) is 5.70 Å². The molecule has 1 aromatic carbocycles. The van der Waals surface area contributed by atoms with Gasteiger partial charge in [0.25, 0.3) is 0 Å². The molecule has 0 spiro atoms. The highest BCUT2D eigenvalue weighted by molar-refractivity contribution is 5.69. The van der Waals surface area contributed by atoms with E-state index in [-0.39, 0.29) is 23.4 Å². The summed E-state index contributed by atoms with van der Waals surface area (Å²) in [5, 5.41) is 11.1. The molecule has 1 heterocycles. The van der Waals surface area contributed by atoms with E-state index in [1.54, 1.807) is 12.1 Å². The third kappa shape index (κ3) is 2.03. The molecule has 0 saturated carbocycles. The summed E-state index contributed by atoms with van der Waals surface area (Å²) in [5.41, 5.74) is 7.19. The zero-order chi connectivity index (χ0) is 13.5. The monoisotopic (exact) mass is 248 g/mol. The third-order valence-electron chi connectivity index (χ3n) is 2.97. The Morgan fingerprint density at radius 3 is 2.61 bits per heavy atom. The first-order valence-electron chi connectivity index (χ1n) is 5.71. The predicted octanol–water partition coefficient (Wildman–Crippen LogP) is 2.28. The molecule has 0 saturated heterocycles. The van der Waals surface area contributed by atoms with Gasteiger partial charge in [0, 0.05) is 0 Å². The Bertz CT molecular complexity index is 542. The molecule has 0 atom stereocenters. The lowest BCUT2D eigenvalue weighted by atomic mass is 9.85. The van der Waals surface area contributed by atoms with Crippen molar-refractivity contribution in [3.63, 3.8) is 0 Å². The van der Waals surface area contributed by atoms with Crippen LogP contribution in [0.15, 0.2) is 23.9 Å². The van der Waals surface area contributed by atoms with Crippen molar-refractivity contribution >= 4 is 5.70 Å². The van der Waals surface area contributed by atoms with Gasteiger partial charge in [0.05, 0.1) is 10.5 Å². The Morgan fingerprint density at radius 1 is 1.39 bits per heavy atom. The van der Waals surface area contributed by atoms with Gasteiger partial charge in [-0.15, -0.1) is 0 Å². The van der Waals surface area contributed by atoms with Gasteiger partial charge in [-0.1, -0.05) is 26.8 Å². The van der Waals surface area contributed by atoms with Gasteiger partial charge < -0.3 is 10.5 Å². The summed E-state index contributed by atoms with van der Waals surface area (Å²) in [6, 6.07) is 5.49. The molecule has 1 aliphatic rings. The van der Waals surface area contributed by atoms with Gasteiger partial charge in [-0.25, -0.2) is 0 Å². The first kappa shape index (κ1) is 12.4. The molecule has 96 valence electrons. The van der Waals surface area contributed by atoms with Crippen LogP contribution in [0, 0.1) is 10.1 Å². The zero-order valence-electron chi connectivity index (χ0n) is 10.7. The fourth-order valence-corrected chi connectivity index (χ4v) is 1.92. The lowest BCUT2D eigenvalue weighted by Gasteiger charge is -2.22. The summed E-state index contributed by atoms with van der Waals surface area (Å²) in [7, 11) is 0. The Balaban J connectivity index is 2.62. The third-order valence-corrected chi connectivity index (χ3v) is 2.97. The fraction of sp³-hybridized carbons (Fsp3) is 0.385. The van der Waals surface area contributed by atoms with Crippen molar-refractivity contribution in [2.24, 2.45) is 5.73 Å². The smallest absolute Gasteiger partial charge is 0.302 e. The van der Waals surface area contributed by atoms with E-state index < -0.39 is 4.92 Å². The largest absolute Gasteiger partial charge is 0.486 e. The van der Waals surface area contributed by atoms with Gasteiger partial charge in [-0.2, -0.15) is 0 Å². The summed E-state index contributed by atoms with van der Waals surface area (Å²) in [4.78, 5) is 10.7. The maximum atomic E-state index is 11.1. The van der Waals surface area contributed by atoms with Gasteiger partial charge in [0.1, 0.15) is 18.1 Å². The maximum Gasteiger partial charge on any atom is 0.302 e. The van der Waals surface area contributed by atoms with Gasteiger partial charge in [-0.05, 0) is 23.1 Å². The molecule has 2 rings (SSSR count). The average Bonchev–Trinajstić information content (AvgIpc) is 2.26. The highest BCUT2D eigenvalue weighted by atomic mass is 16.6.